The first-order chi connectivity index (χ1) is 14.8. The molecule has 2 aromatic carbocycles. The highest BCUT2D eigenvalue weighted by Crippen LogP contribution is 2.32. The quantitative estimate of drug-likeness (QED) is 0.583. The summed E-state index contributed by atoms with van der Waals surface area (Å²) in [5.74, 6) is 1.35. The van der Waals surface area contributed by atoms with Gasteiger partial charge in [0.15, 0.2) is 17.3 Å². The highest BCUT2D eigenvalue weighted by Gasteiger charge is 2.25. The lowest BCUT2D eigenvalue weighted by Gasteiger charge is -2.12. The third-order valence-electron chi connectivity index (χ3n) is 5.72. The van der Waals surface area contributed by atoms with Gasteiger partial charge in [-0.2, -0.15) is 0 Å². The molecule has 7 nitrogen and oxygen atoms in total. The summed E-state index contributed by atoms with van der Waals surface area (Å²) in [6, 6.07) is 8.96. The normalized spacial score (nSPS) is 14.0. The van der Waals surface area contributed by atoms with E-state index in [4.69, 9.17) is 9.47 Å². The summed E-state index contributed by atoms with van der Waals surface area (Å²) in [6.45, 7) is 2.00. The van der Waals surface area contributed by atoms with E-state index in [1.165, 1.54) is 0 Å². The van der Waals surface area contributed by atoms with Crippen LogP contribution in [0.5, 0.6) is 11.5 Å². The van der Waals surface area contributed by atoms with Gasteiger partial charge in [0.2, 0.25) is 10.0 Å². The number of hydrogen-bond acceptors (Lipinski definition) is 5. The number of aryl methyl sites for hydroxylation is 2. The minimum Gasteiger partial charge on any atom is -0.493 e. The molecular weight excluding hydrogens is 416 g/mol. The molecule has 1 aliphatic rings. The van der Waals surface area contributed by atoms with Gasteiger partial charge in [-0.05, 0) is 61.6 Å². The second kappa shape index (κ2) is 8.36. The van der Waals surface area contributed by atoms with Crippen LogP contribution in [-0.2, 0) is 22.9 Å². The summed E-state index contributed by atoms with van der Waals surface area (Å²) in [7, 11) is -0.571. The number of benzene rings is 2. The van der Waals surface area contributed by atoms with Crippen LogP contribution in [0.2, 0.25) is 0 Å². The van der Waals surface area contributed by atoms with Gasteiger partial charge < -0.3 is 14.5 Å². The smallest absolute Gasteiger partial charge is 0.240 e. The number of rotatable bonds is 7. The van der Waals surface area contributed by atoms with Crippen molar-refractivity contribution >= 4 is 26.7 Å². The number of fused-ring (bicyclic) bond motifs is 3. The molecule has 1 heterocycles. The first kappa shape index (κ1) is 21.4. The van der Waals surface area contributed by atoms with E-state index in [9.17, 15) is 13.2 Å². The number of carbonyl (C=O) groups excluding carboxylic acids is 1. The number of hydrogen-bond donors (Lipinski definition) is 2. The van der Waals surface area contributed by atoms with E-state index in [1.54, 1.807) is 39.3 Å². The number of ether oxygens (including phenoxy) is 2. The molecule has 0 fully saturated rings. The van der Waals surface area contributed by atoms with Gasteiger partial charge in [-0.25, -0.2) is 13.1 Å². The lowest BCUT2D eigenvalue weighted by atomic mass is 9.94. The van der Waals surface area contributed by atoms with Gasteiger partial charge in [0.1, 0.15) is 0 Å². The van der Waals surface area contributed by atoms with Crippen molar-refractivity contribution in [1.82, 2.24) is 9.71 Å². The number of Topliss-reactive ketones (excluding diaryl/α,β-unsaturated/α-hetero) is 1. The molecule has 3 aromatic rings. The molecule has 8 heteroatoms. The van der Waals surface area contributed by atoms with Gasteiger partial charge in [-0.1, -0.05) is 6.07 Å². The molecule has 2 N–H and O–H groups in total. The van der Waals surface area contributed by atoms with Crippen molar-refractivity contribution in [3.05, 3.63) is 52.7 Å². The van der Waals surface area contributed by atoms with Crippen molar-refractivity contribution in [1.29, 1.82) is 0 Å². The van der Waals surface area contributed by atoms with Gasteiger partial charge in [0.05, 0.1) is 19.1 Å². The molecule has 31 heavy (non-hydrogen) atoms. The number of sulfonamides is 1. The molecule has 0 spiro atoms. The lowest BCUT2D eigenvalue weighted by Crippen LogP contribution is -2.26. The molecular formula is C23H26N2O5S. The Balaban J connectivity index is 1.55. The van der Waals surface area contributed by atoms with E-state index in [0.29, 0.717) is 35.4 Å². The largest absolute Gasteiger partial charge is 0.493 e. The number of aromatic nitrogens is 1. The summed E-state index contributed by atoms with van der Waals surface area (Å²) in [6.07, 6.45) is 2.67. The van der Waals surface area contributed by atoms with Gasteiger partial charge in [-0.15, -0.1) is 0 Å². The number of aromatic amines is 1. The van der Waals surface area contributed by atoms with Crippen LogP contribution in [0.15, 0.2) is 35.2 Å². The highest BCUT2D eigenvalue weighted by atomic mass is 32.2. The van der Waals surface area contributed by atoms with Gasteiger partial charge in [0.25, 0.3) is 0 Å². The van der Waals surface area contributed by atoms with Crippen LogP contribution in [0.1, 0.15) is 40.0 Å². The van der Waals surface area contributed by atoms with Crippen LogP contribution in [-0.4, -0.2) is 39.9 Å². The summed E-state index contributed by atoms with van der Waals surface area (Å²) in [5, 5.41) is 0.807. The molecule has 0 aliphatic heterocycles. The number of H-pyrrole nitrogens is 1. The second-order valence-corrected chi connectivity index (χ2v) is 9.49. The van der Waals surface area contributed by atoms with Gasteiger partial charge in [-0.3, -0.25) is 4.79 Å². The molecule has 1 aliphatic carbocycles. The van der Waals surface area contributed by atoms with Crippen molar-refractivity contribution in [3.8, 4) is 11.5 Å². The van der Waals surface area contributed by atoms with E-state index in [-0.39, 0.29) is 17.2 Å². The zero-order valence-corrected chi connectivity index (χ0v) is 18.7. The van der Waals surface area contributed by atoms with Crippen molar-refractivity contribution in [2.45, 2.75) is 37.5 Å². The van der Waals surface area contributed by atoms with Crippen LogP contribution < -0.4 is 14.2 Å². The third-order valence-corrected chi connectivity index (χ3v) is 7.33. The Morgan fingerprint density at radius 2 is 1.84 bits per heavy atom. The van der Waals surface area contributed by atoms with Crippen molar-refractivity contribution in [2.24, 2.45) is 0 Å². The maximum Gasteiger partial charge on any atom is 0.240 e. The Kier molecular flexibility index (Phi) is 5.77. The van der Waals surface area contributed by atoms with Crippen molar-refractivity contribution < 1.29 is 22.7 Å². The van der Waals surface area contributed by atoms with E-state index in [0.717, 1.165) is 35.0 Å². The maximum atomic E-state index is 13.0. The minimum absolute atomic E-state index is 0.121. The van der Waals surface area contributed by atoms with Gasteiger partial charge >= 0.3 is 0 Å². The Morgan fingerprint density at radius 3 is 2.58 bits per heavy atom. The number of ketones is 1. The molecule has 164 valence electrons. The molecule has 0 bridgehead atoms. The van der Waals surface area contributed by atoms with Crippen LogP contribution in [0.25, 0.3) is 10.9 Å². The maximum absolute atomic E-state index is 13.0. The minimum atomic E-state index is -3.71. The molecule has 0 saturated carbocycles. The average molecular weight is 443 g/mol. The fourth-order valence-electron chi connectivity index (χ4n) is 4.18. The summed E-state index contributed by atoms with van der Waals surface area (Å²) in [4.78, 5) is 15.8. The molecule has 4 rings (SSSR count). The predicted molar refractivity (Wildman–Crippen MR) is 119 cm³/mol. The second-order valence-electron chi connectivity index (χ2n) is 7.76. The fraction of sp³-hybridized carbons (Fsp3) is 0.348. The molecule has 0 radical (unpaired) electrons. The lowest BCUT2D eigenvalue weighted by molar-refractivity contribution is 0.0974. The zero-order chi connectivity index (χ0) is 22.2. The van der Waals surface area contributed by atoms with Crippen LogP contribution in [0.4, 0.5) is 0 Å². The molecule has 0 unspecified atom stereocenters. The third kappa shape index (κ3) is 4.05. The van der Waals surface area contributed by atoms with Crippen LogP contribution in [0.3, 0.4) is 0 Å². The van der Waals surface area contributed by atoms with E-state index in [1.807, 2.05) is 12.1 Å². The zero-order valence-electron chi connectivity index (χ0n) is 17.9. The molecule has 1 aromatic heterocycles. The summed E-state index contributed by atoms with van der Waals surface area (Å²) in [5.41, 5.74) is 3.86. The Bertz CT molecular complexity index is 1260. The fourth-order valence-corrected chi connectivity index (χ4v) is 5.46. The van der Waals surface area contributed by atoms with Crippen LogP contribution in [0, 0.1) is 6.92 Å². The monoisotopic (exact) mass is 442 g/mol. The predicted octanol–water partition coefficient (Wildman–Crippen LogP) is 3.53. The first-order valence-electron chi connectivity index (χ1n) is 10.2. The van der Waals surface area contributed by atoms with Crippen molar-refractivity contribution in [3.63, 3.8) is 0 Å². The Hall–Kier alpha value is -2.84. The highest BCUT2D eigenvalue weighted by molar-refractivity contribution is 7.89. The van der Waals surface area contributed by atoms with Crippen molar-refractivity contribution in [2.75, 3.05) is 20.8 Å². The Labute approximate surface area is 181 Å². The van der Waals surface area contributed by atoms with E-state index < -0.39 is 10.0 Å². The topological polar surface area (TPSA) is 97.5 Å². The number of nitrogens with one attached hydrogen (secondary N) is 2. The average Bonchev–Trinajstić information content (AvgIpc) is 3.11. The SMILES string of the molecule is COc1ccc(CCNS(=O)(=O)c2cc3[nH]c4c(c3cc2C)C(=O)CCC4)cc1OC. The molecule has 0 amide bonds. The summed E-state index contributed by atoms with van der Waals surface area (Å²) >= 11 is 0. The summed E-state index contributed by atoms with van der Waals surface area (Å²) < 4.78 is 39.2. The molecule has 0 saturated heterocycles. The molecule has 0 atom stereocenters. The van der Waals surface area contributed by atoms with E-state index >= 15 is 0 Å². The number of carbonyl (C=O) groups is 1. The standard InChI is InChI=1S/C23H26N2O5S/c1-14-11-16-18(25-17-5-4-6-19(26)23(16)17)13-22(14)31(27,28)24-10-9-15-7-8-20(29-2)21(12-15)30-3/h7-8,11-13,24-25H,4-6,9-10H2,1-3H3. The first-order valence-corrected chi connectivity index (χ1v) is 11.7. The van der Waals surface area contributed by atoms with E-state index in [2.05, 4.69) is 9.71 Å². The van der Waals surface area contributed by atoms with Crippen LogP contribution >= 0.6 is 0 Å². The van der Waals surface area contributed by atoms with Gasteiger partial charge in [0, 0.05) is 35.1 Å². The number of methoxy groups -OCH3 is 2. The Morgan fingerprint density at radius 1 is 1.06 bits per heavy atom.